The number of carbonyl (C=O) groups is 2. The first-order chi connectivity index (χ1) is 33.6. The molecule has 2 saturated heterocycles. The van der Waals surface area contributed by atoms with Crippen LogP contribution in [0.25, 0.3) is 5.57 Å². The quantitative estimate of drug-likeness (QED) is 0.0764. The molecule has 3 aliphatic rings. The van der Waals surface area contributed by atoms with E-state index < -0.39 is 69.3 Å². The Kier molecular flexibility index (Phi) is 18.5. The molecule has 0 bridgehead atoms. The molecule has 4 aromatic carbocycles. The average Bonchev–Trinajstić information content (AvgIpc) is 3.34. The van der Waals surface area contributed by atoms with Gasteiger partial charge in [0.25, 0.3) is 25.8 Å². The number of anilines is 2. The van der Waals surface area contributed by atoms with Crippen molar-refractivity contribution < 1.29 is 49.1 Å². The minimum Gasteiger partial charge on any atom is -0.445 e. The van der Waals surface area contributed by atoms with E-state index in [1.165, 1.54) is 39.9 Å². The molecular formula is C47H51Cl4F3N6O8S3. The maximum Gasteiger partial charge on any atom is 0.501 e. The van der Waals surface area contributed by atoms with Crippen molar-refractivity contribution >= 4 is 107 Å². The standard InChI is InChI=1S/C47H51Cl4F3N6O8S3/c48-36-10-6-33(7-11-36)41-17-27-67-30-35(41)29-58-21-23-59(24-22-58)38-12-8-34(9-13-38)44(61)56-71(65,66)40-14-15-42(43(28-40)70(63,64)47(52,53)54)55-37(31-69-39-4-2-1-3-5-39)16-18-57-19-25-60(26-20-57)45(62)68-32-46(49,50)51/h1-15,28,37,55H,16-27,29-32H2,(H,56,61)/t37-/m1/s1. The zero-order valence-corrected chi connectivity index (χ0v) is 43.5. The van der Waals surface area contributed by atoms with Crippen molar-refractivity contribution in [3.05, 3.63) is 119 Å². The monoisotopic (exact) mass is 1120 g/mol. The highest BCUT2D eigenvalue weighted by molar-refractivity contribution is 7.99. The number of hydrogen-bond donors (Lipinski definition) is 2. The van der Waals surface area contributed by atoms with E-state index in [0.29, 0.717) is 63.4 Å². The molecule has 1 atom stereocenters. The van der Waals surface area contributed by atoms with Crippen LogP contribution < -0.4 is 14.9 Å². The van der Waals surface area contributed by atoms with E-state index in [1.807, 2.05) is 64.2 Å². The van der Waals surface area contributed by atoms with Crippen LogP contribution in [0.4, 0.5) is 29.3 Å². The van der Waals surface area contributed by atoms with Gasteiger partial charge in [0, 0.05) is 98.4 Å². The molecule has 0 unspecified atom stereocenters. The van der Waals surface area contributed by atoms with Gasteiger partial charge in [-0.1, -0.05) is 76.7 Å². The maximum absolute atomic E-state index is 14.3. The SMILES string of the molecule is O=C(NS(=O)(=O)c1ccc(N[C@H](CCN2CCN(C(=O)OCC(Cl)(Cl)Cl)CC2)CSc2ccccc2)c(S(=O)(=O)C(F)(F)F)c1)c1ccc(N2CCN(CC3=C(c4ccc(Cl)cc4)CCOC3)CC2)cc1. The fourth-order valence-electron chi connectivity index (χ4n) is 8.27. The number of halogens is 7. The molecule has 0 saturated carbocycles. The Morgan fingerprint density at radius 1 is 0.817 bits per heavy atom. The lowest BCUT2D eigenvalue weighted by atomic mass is 9.95. The van der Waals surface area contributed by atoms with Gasteiger partial charge in [0.1, 0.15) is 11.5 Å². The molecule has 3 heterocycles. The van der Waals surface area contributed by atoms with Crippen molar-refractivity contribution in [3.8, 4) is 0 Å². The Labute approximate surface area is 435 Å². The Balaban J connectivity index is 1.00. The van der Waals surface area contributed by atoms with Crippen molar-refractivity contribution in [1.29, 1.82) is 0 Å². The molecule has 0 aromatic heterocycles. The Morgan fingerprint density at radius 3 is 2.13 bits per heavy atom. The fourth-order valence-corrected chi connectivity index (χ4v) is 11.6. The lowest BCUT2D eigenvalue weighted by molar-refractivity contribution is -0.0436. The van der Waals surface area contributed by atoms with Crippen LogP contribution in [-0.4, -0.2) is 150 Å². The second-order valence-corrected chi connectivity index (χ2v) is 24.6. The Hall–Kier alpha value is -3.96. The summed E-state index contributed by atoms with van der Waals surface area (Å²) < 4.78 is 107. The van der Waals surface area contributed by atoms with Crippen molar-refractivity contribution in [1.82, 2.24) is 19.4 Å². The van der Waals surface area contributed by atoms with Gasteiger partial charge in [0.15, 0.2) is 0 Å². The molecule has 0 spiro atoms. The molecule has 71 heavy (non-hydrogen) atoms. The molecule has 0 aliphatic carbocycles. The summed E-state index contributed by atoms with van der Waals surface area (Å²) in [5.74, 6) is -0.799. The molecule has 2 amide bonds. The molecule has 24 heteroatoms. The molecule has 2 fully saturated rings. The van der Waals surface area contributed by atoms with Gasteiger partial charge in [-0.3, -0.25) is 14.6 Å². The van der Waals surface area contributed by atoms with E-state index in [1.54, 1.807) is 12.1 Å². The second kappa shape index (κ2) is 23.9. The summed E-state index contributed by atoms with van der Waals surface area (Å²) in [6.45, 7) is 6.19. The summed E-state index contributed by atoms with van der Waals surface area (Å²) in [5, 5.41) is 3.63. The molecule has 384 valence electrons. The molecule has 0 radical (unpaired) electrons. The zero-order chi connectivity index (χ0) is 51.0. The van der Waals surface area contributed by atoms with Crippen molar-refractivity contribution in [2.24, 2.45) is 0 Å². The number of benzene rings is 4. The highest BCUT2D eigenvalue weighted by atomic mass is 35.6. The summed E-state index contributed by atoms with van der Waals surface area (Å²) in [5.41, 5.74) is -1.90. The number of nitrogens with zero attached hydrogens (tertiary/aromatic N) is 4. The number of carbonyl (C=O) groups excluding carboxylic acids is 2. The van der Waals surface area contributed by atoms with Crippen LogP contribution in [0.15, 0.2) is 117 Å². The van der Waals surface area contributed by atoms with Crippen LogP contribution in [0.2, 0.25) is 5.02 Å². The van der Waals surface area contributed by atoms with Gasteiger partial charge in [-0.05, 0) is 96.3 Å². The number of alkyl halides is 6. The number of hydrogen-bond acceptors (Lipinski definition) is 13. The first-order valence-corrected chi connectivity index (χ1v) is 27.9. The summed E-state index contributed by atoms with van der Waals surface area (Å²) in [4.78, 5) is 32.5. The molecule has 4 aromatic rings. The molecule has 3 aliphatic heterocycles. The van der Waals surface area contributed by atoms with E-state index in [9.17, 15) is 39.6 Å². The van der Waals surface area contributed by atoms with Crippen LogP contribution in [0.3, 0.4) is 0 Å². The first-order valence-electron chi connectivity index (χ1n) is 22.4. The number of sulfone groups is 1. The summed E-state index contributed by atoms with van der Waals surface area (Å²) >= 11 is 24.6. The smallest absolute Gasteiger partial charge is 0.445 e. The minimum atomic E-state index is -6.14. The number of thioether (sulfide) groups is 1. The van der Waals surface area contributed by atoms with Crippen molar-refractivity contribution in [2.75, 3.05) is 101 Å². The number of amides is 2. The van der Waals surface area contributed by atoms with Gasteiger partial charge in [-0.25, -0.2) is 26.4 Å². The van der Waals surface area contributed by atoms with Crippen LogP contribution >= 0.6 is 58.2 Å². The number of ether oxygens (including phenoxy) is 2. The second-order valence-electron chi connectivity index (χ2n) is 17.0. The van der Waals surface area contributed by atoms with Crippen molar-refractivity contribution in [2.45, 2.75) is 42.9 Å². The normalized spacial score (nSPS) is 17.2. The third-order valence-corrected chi connectivity index (χ3v) is 16.7. The van der Waals surface area contributed by atoms with Gasteiger partial charge in [-0.2, -0.15) is 13.2 Å². The number of piperazine rings is 2. The average molecular weight is 1120 g/mol. The van der Waals surface area contributed by atoms with Crippen LogP contribution in [-0.2, 0) is 29.3 Å². The van der Waals surface area contributed by atoms with E-state index in [4.69, 9.17) is 55.9 Å². The van der Waals surface area contributed by atoms with Gasteiger partial charge < -0.3 is 24.6 Å². The first kappa shape index (κ1) is 54.8. The highest BCUT2D eigenvalue weighted by Crippen LogP contribution is 2.37. The van der Waals surface area contributed by atoms with Gasteiger partial charge in [-0.15, -0.1) is 11.8 Å². The van der Waals surface area contributed by atoms with Crippen molar-refractivity contribution in [3.63, 3.8) is 0 Å². The number of rotatable bonds is 17. The topological polar surface area (TPSA) is 158 Å². The van der Waals surface area contributed by atoms with Crippen LogP contribution in [0, 0.1) is 0 Å². The van der Waals surface area contributed by atoms with E-state index in [-0.39, 0.29) is 24.4 Å². The molecule has 14 nitrogen and oxygen atoms in total. The lowest BCUT2D eigenvalue weighted by Gasteiger charge is -2.37. The van der Waals surface area contributed by atoms with Gasteiger partial charge >= 0.3 is 11.6 Å². The summed E-state index contributed by atoms with van der Waals surface area (Å²) in [6, 6.07) is 24.9. The van der Waals surface area contributed by atoms with Gasteiger partial charge in [0.05, 0.1) is 23.8 Å². The predicted molar refractivity (Wildman–Crippen MR) is 272 cm³/mol. The van der Waals surface area contributed by atoms with E-state index in [2.05, 4.69) is 15.1 Å². The van der Waals surface area contributed by atoms with Gasteiger partial charge in [0.2, 0.25) is 3.79 Å². The fraction of sp³-hybridized carbons (Fsp3) is 0.404. The lowest BCUT2D eigenvalue weighted by Crippen LogP contribution is -2.49. The Morgan fingerprint density at radius 2 is 1.48 bits per heavy atom. The summed E-state index contributed by atoms with van der Waals surface area (Å²) in [7, 11) is -11.0. The molecule has 7 rings (SSSR count). The maximum atomic E-state index is 14.3. The molecular weight excluding hydrogens is 1070 g/mol. The van der Waals surface area contributed by atoms with E-state index in [0.717, 1.165) is 54.3 Å². The third kappa shape index (κ3) is 15.1. The van der Waals surface area contributed by atoms with E-state index >= 15 is 0 Å². The molecule has 2 N–H and O–H groups in total. The zero-order valence-electron chi connectivity index (χ0n) is 38.1. The predicted octanol–water partition coefficient (Wildman–Crippen LogP) is 8.84. The number of sulfonamides is 1. The Bertz CT molecular complexity index is 2740. The van der Waals surface area contributed by atoms with Crippen LogP contribution in [0.1, 0.15) is 28.8 Å². The number of nitrogens with one attached hydrogen (secondary N) is 2. The highest BCUT2D eigenvalue weighted by Gasteiger charge is 2.48. The summed E-state index contributed by atoms with van der Waals surface area (Å²) in [6.07, 6.45) is 0.460. The largest absolute Gasteiger partial charge is 0.501 e. The van der Waals surface area contributed by atoms with Crippen LogP contribution in [0.5, 0.6) is 0 Å². The third-order valence-electron chi connectivity index (χ3n) is 12.1. The minimum absolute atomic E-state index is 0.0449.